The van der Waals surface area contributed by atoms with Crippen LogP contribution in [0.2, 0.25) is 0 Å². The molecular formula is C15H12BN3O. The second kappa shape index (κ2) is 4.23. The summed E-state index contributed by atoms with van der Waals surface area (Å²) in [5.41, 5.74) is 4.21. The van der Waals surface area contributed by atoms with Crippen LogP contribution >= 0.6 is 0 Å². The molecule has 0 saturated carbocycles. The lowest BCUT2D eigenvalue weighted by Gasteiger charge is -2.19. The summed E-state index contributed by atoms with van der Waals surface area (Å²) in [7, 11) is 2.03. The highest BCUT2D eigenvalue weighted by Crippen LogP contribution is 2.33. The molecule has 0 atom stereocenters. The quantitative estimate of drug-likeness (QED) is 0.618. The van der Waals surface area contributed by atoms with Gasteiger partial charge in [0.05, 0.1) is 11.3 Å². The maximum Gasteiger partial charge on any atom is 0.226 e. The highest BCUT2D eigenvalue weighted by molar-refractivity contribution is 6.34. The van der Waals surface area contributed by atoms with Crippen molar-refractivity contribution in [3.8, 4) is 28.5 Å². The topological polar surface area (TPSA) is 39.9 Å². The molecular weight excluding hydrogens is 249 g/mol. The van der Waals surface area contributed by atoms with Gasteiger partial charge in [0.25, 0.3) is 0 Å². The molecule has 1 aliphatic heterocycles. The van der Waals surface area contributed by atoms with Crippen LogP contribution in [-0.4, -0.2) is 22.4 Å². The average molecular weight is 261 g/mol. The van der Waals surface area contributed by atoms with Crippen molar-refractivity contribution in [2.75, 3.05) is 0 Å². The Balaban J connectivity index is 1.97. The minimum Gasteiger partial charge on any atom is -0.455 e. The molecule has 0 radical (unpaired) electrons. The minimum atomic E-state index is 0.449. The Bertz CT molecular complexity index is 783. The molecule has 4 nitrogen and oxygen atoms in total. The number of hydrogen-bond donors (Lipinski definition) is 0. The van der Waals surface area contributed by atoms with Gasteiger partial charge in [-0.25, -0.2) is 9.97 Å². The zero-order valence-corrected chi connectivity index (χ0v) is 11.1. The van der Waals surface area contributed by atoms with E-state index in [1.165, 1.54) is 0 Å². The van der Waals surface area contributed by atoms with E-state index >= 15 is 0 Å². The van der Waals surface area contributed by atoms with Crippen LogP contribution in [0.5, 0.6) is 5.88 Å². The second-order valence-electron chi connectivity index (χ2n) is 4.79. The standard InChI is InChI=1S/C15H12BN3O/c16-13-12(10-5-2-1-3-6-10)19-9-20-15-11(14(19)18-13)7-4-8-17-15/h1-8H,9,16H2. The van der Waals surface area contributed by atoms with Crippen molar-refractivity contribution in [2.24, 2.45) is 0 Å². The lowest BCUT2D eigenvalue weighted by molar-refractivity contribution is 0.222. The van der Waals surface area contributed by atoms with Crippen LogP contribution in [0.4, 0.5) is 0 Å². The Hall–Kier alpha value is -2.56. The van der Waals surface area contributed by atoms with E-state index in [9.17, 15) is 0 Å². The van der Waals surface area contributed by atoms with Crippen molar-refractivity contribution < 1.29 is 4.74 Å². The van der Waals surface area contributed by atoms with Crippen molar-refractivity contribution in [2.45, 2.75) is 6.73 Å². The van der Waals surface area contributed by atoms with Crippen molar-refractivity contribution >= 4 is 13.4 Å². The molecule has 3 aromatic rings. The number of imidazole rings is 1. The lowest BCUT2D eigenvalue weighted by Crippen LogP contribution is -2.15. The maximum absolute atomic E-state index is 5.74. The van der Waals surface area contributed by atoms with E-state index in [2.05, 4.69) is 21.7 Å². The third kappa shape index (κ3) is 1.56. The van der Waals surface area contributed by atoms with Gasteiger partial charge in [-0.2, -0.15) is 0 Å². The van der Waals surface area contributed by atoms with Crippen molar-refractivity contribution in [1.29, 1.82) is 0 Å². The van der Waals surface area contributed by atoms with Gasteiger partial charge in [0.2, 0.25) is 5.88 Å². The summed E-state index contributed by atoms with van der Waals surface area (Å²) in [5.74, 6) is 1.58. The second-order valence-corrected chi connectivity index (χ2v) is 4.79. The third-order valence-corrected chi connectivity index (χ3v) is 3.53. The summed E-state index contributed by atoms with van der Waals surface area (Å²) < 4.78 is 7.84. The molecule has 20 heavy (non-hydrogen) atoms. The molecule has 4 rings (SSSR count). The Morgan fingerprint density at radius 2 is 1.95 bits per heavy atom. The zero-order valence-electron chi connectivity index (χ0n) is 11.1. The molecule has 0 fully saturated rings. The summed E-state index contributed by atoms with van der Waals surface area (Å²) in [6, 6.07) is 14.2. The van der Waals surface area contributed by atoms with Gasteiger partial charge in [0.1, 0.15) is 5.82 Å². The first-order chi connectivity index (χ1) is 9.84. The number of aromatic nitrogens is 3. The first kappa shape index (κ1) is 11.3. The molecule has 2 aromatic heterocycles. The fourth-order valence-electron chi connectivity index (χ4n) is 2.67. The van der Waals surface area contributed by atoms with E-state index in [0.29, 0.717) is 12.6 Å². The van der Waals surface area contributed by atoms with Gasteiger partial charge in [-0.15, -0.1) is 0 Å². The first-order valence-corrected chi connectivity index (χ1v) is 6.55. The van der Waals surface area contributed by atoms with Crippen LogP contribution in [0.3, 0.4) is 0 Å². The number of pyridine rings is 1. The smallest absolute Gasteiger partial charge is 0.226 e. The molecule has 0 N–H and O–H groups in total. The number of fused-ring (bicyclic) bond motifs is 3. The highest BCUT2D eigenvalue weighted by atomic mass is 16.5. The molecule has 96 valence electrons. The Kier molecular flexibility index (Phi) is 2.39. The van der Waals surface area contributed by atoms with E-state index in [-0.39, 0.29) is 0 Å². The average Bonchev–Trinajstić information content (AvgIpc) is 2.84. The molecule has 1 aliphatic rings. The third-order valence-electron chi connectivity index (χ3n) is 3.53. The SMILES string of the molecule is Bc1nc2n(c1-c1ccccc1)COc1ncccc1-2. The van der Waals surface area contributed by atoms with Crippen LogP contribution in [-0.2, 0) is 6.73 Å². The molecule has 0 aliphatic carbocycles. The number of ether oxygens (including phenoxy) is 1. The monoisotopic (exact) mass is 261 g/mol. The van der Waals surface area contributed by atoms with Gasteiger partial charge >= 0.3 is 0 Å². The summed E-state index contributed by atoms with van der Waals surface area (Å²) in [5, 5.41) is 0. The molecule has 5 heteroatoms. The Labute approximate surface area is 117 Å². The van der Waals surface area contributed by atoms with Gasteiger partial charge in [-0.3, -0.25) is 4.57 Å². The highest BCUT2D eigenvalue weighted by Gasteiger charge is 2.24. The van der Waals surface area contributed by atoms with Gasteiger partial charge in [0.15, 0.2) is 14.6 Å². The van der Waals surface area contributed by atoms with E-state index in [4.69, 9.17) is 9.72 Å². The number of benzene rings is 1. The predicted molar refractivity (Wildman–Crippen MR) is 79.7 cm³/mol. The van der Waals surface area contributed by atoms with E-state index < -0.39 is 0 Å². The number of nitrogens with zero attached hydrogens (tertiary/aromatic N) is 3. The molecule has 0 unspecified atom stereocenters. The van der Waals surface area contributed by atoms with Gasteiger partial charge < -0.3 is 4.74 Å². The Morgan fingerprint density at radius 3 is 2.80 bits per heavy atom. The molecule has 0 saturated heterocycles. The molecule has 0 bridgehead atoms. The maximum atomic E-state index is 5.74. The van der Waals surface area contributed by atoms with Crippen LogP contribution in [0.25, 0.3) is 22.6 Å². The fourth-order valence-corrected chi connectivity index (χ4v) is 2.67. The van der Waals surface area contributed by atoms with Crippen LogP contribution in [0, 0.1) is 0 Å². The Morgan fingerprint density at radius 1 is 1.10 bits per heavy atom. The summed E-state index contributed by atoms with van der Waals surface area (Å²) in [4.78, 5) is 8.97. The normalized spacial score (nSPS) is 12.4. The fraction of sp³-hybridized carbons (Fsp3) is 0.0667. The van der Waals surface area contributed by atoms with Crippen molar-refractivity contribution in [3.05, 3.63) is 48.7 Å². The largest absolute Gasteiger partial charge is 0.455 e. The predicted octanol–water partition coefficient (Wildman–Crippen LogP) is 1.22. The summed E-state index contributed by atoms with van der Waals surface area (Å²) in [6.07, 6.45) is 1.74. The molecule has 0 spiro atoms. The molecule has 0 amide bonds. The van der Waals surface area contributed by atoms with Gasteiger partial charge in [-0.1, -0.05) is 30.3 Å². The van der Waals surface area contributed by atoms with Gasteiger partial charge in [0, 0.05) is 11.8 Å². The van der Waals surface area contributed by atoms with E-state index in [1.807, 2.05) is 38.2 Å². The van der Waals surface area contributed by atoms with Crippen molar-refractivity contribution in [1.82, 2.24) is 14.5 Å². The van der Waals surface area contributed by atoms with Crippen molar-refractivity contribution in [3.63, 3.8) is 0 Å². The molecule has 3 heterocycles. The lowest BCUT2D eigenvalue weighted by atomic mass is 9.98. The molecule has 1 aromatic carbocycles. The van der Waals surface area contributed by atoms with E-state index in [1.54, 1.807) is 6.20 Å². The number of hydrogen-bond acceptors (Lipinski definition) is 3. The van der Waals surface area contributed by atoms with E-state index in [0.717, 1.165) is 28.2 Å². The van der Waals surface area contributed by atoms with Gasteiger partial charge in [-0.05, 0) is 17.7 Å². The number of rotatable bonds is 1. The first-order valence-electron chi connectivity index (χ1n) is 6.55. The minimum absolute atomic E-state index is 0.449. The zero-order chi connectivity index (χ0) is 13.5. The van der Waals surface area contributed by atoms with Crippen LogP contribution < -0.4 is 10.3 Å². The van der Waals surface area contributed by atoms with Crippen LogP contribution in [0.1, 0.15) is 0 Å². The van der Waals surface area contributed by atoms with Crippen LogP contribution in [0.15, 0.2) is 48.7 Å². The summed E-state index contributed by atoms with van der Waals surface area (Å²) in [6.45, 7) is 0.449. The summed E-state index contributed by atoms with van der Waals surface area (Å²) >= 11 is 0.